The van der Waals surface area contributed by atoms with Crippen molar-refractivity contribution >= 4 is 34.1 Å². The third-order valence-corrected chi connectivity index (χ3v) is 4.80. The molecule has 1 aromatic heterocycles. The van der Waals surface area contributed by atoms with Crippen molar-refractivity contribution in [3.63, 3.8) is 0 Å². The third-order valence-electron chi connectivity index (χ3n) is 3.82. The molecule has 2 N–H and O–H groups in total. The summed E-state index contributed by atoms with van der Waals surface area (Å²) in [6.45, 7) is 1.06. The molecule has 0 fully saturated rings. The highest BCUT2D eigenvalue weighted by molar-refractivity contribution is 7.99. The number of amides is 1. The van der Waals surface area contributed by atoms with Gasteiger partial charge in [0, 0.05) is 25.9 Å². The Balaban J connectivity index is 1.59. The molecule has 0 aliphatic rings. The molecule has 0 spiro atoms. The van der Waals surface area contributed by atoms with Gasteiger partial charge in [-0.3, -0.25) is 9.36 Å². The molecule has 1 heterocycles. The van der Waals surface area contributed by atoms with Gasteiger partial charge >= 0.3 is 5.69 Å². The molecule has 0 atom stereocenters. The number of hydrogen-bond acceptors (Lipinski definition) is 5. The van der Waals surface area contributed by atoms with Crippen molar-refractivity contribution < 1.29 is 9.53 Å². The van der Waals surface area contributed by atoms with Crippen LogP contribution < -0.4 is 11.0 Å². The molecule has 0 saturated heterocycles. The predicted molar refractivity (Wildman–Crippen MR) is 103 cm³/mol. The van der Waals surface area contributed by atoms with E-state index in [2.05, 4.69) is 15.5 Å². The van der Waals surface area contributed by atoms with Crippen LogP contribution >= 0.6 is 11.8 Å². The predicted octanol–water partition coefficient (Wildman–Crippen LogP) is 2.49. The molecule has 8 heteroatoms. The zero-order valence-corrected chi connectivity index (χ0v) is 15.2. The minimum absolute atomic E-state index is 0.149. The quantitative estimate of drug-likeness (QED) is 0.468. The number of benzene rings is 2. The molecule has 3 rings (SSSR count). The number of ether oxygens (including phenoxy) is 1. The lowest BCUT2D eigenvalue weighted by Gasteiger charge is -2.07. The van der Waals surface area contributed by atoms with Crippen molar-refractivity contribution in [2.45, 2.75) is 18.1 Å². The maximum absolute atomic E-state index is 12.2. The van der Waals surface area contributed by atoms with Gasteiger partial charge in [0.15, 0.2) is 5.16 Å². The number of thioether (sulfide) groups is 1. The first-order valence-corrected chi connectivity index (χ1v) is 9.21. The molecule has 0 bridgehead atoms. The summed E-state index contributed by atoms with van der Waals surface area (Å²) in [6.07, 6.45) is 0.701. The fourth-order valence-corrected chi connectivity index (χ4v) is 3.34. The normalized spacial score (nSPS) is 11.0. The van der Waals surface area contributed by atoms with Crippen LogP contribution in [-0.2, 0) is 16.1 Å². The molecular weight excluding hydrogens is 352 g/mol. The number of aromatic amines is 1. The van der Waals surface area contributed by atoms with Gasteiger partial charge in [-0.2, -0.15) is 0 Å². The van der Waals surface area contributed by atoms with Gasteiger partial charge < -0.3 is 10.1 Å². The van der Waals surface area contributed by atoms with Crippen molar-refractivity contribution in [3.8, 4) is 0 Å². The SMILES string of the molecule is COCCCn1c(SCC(=O)Nc2ccc3ccccc3c2)n[nH]c1=O. The topological polar surface area (TPSA) is 89.0 Å². The van der Waals surface area contributed by atoms with Crippen molar-refractivity contribution in [2.75, 3.05) is 24.8 Å². The highest BCUT2D eigenvalue weighted by atomic mass is 32.2. The lowest BCUT2D eigenvalue weighted by molar-refractivity contribution is -0.113. The number of rotatable bonds is 8. The minimum atomic E-state index is -0.279. The second-order valence-electron chi connectivity index (χ2n) is 5.71. The number of methoxy groups -OCH3 is 1. The van der Waals surface area contributed by atoms with Crippen LogP contribution in [0.25, 0.3) is 10.8 Å². The van der Waals surface area contributed by atoms with Crippen LogP contribution in [0.1, 0.15) is 6.42 Å². The van der Waals surface area contributed by atoms with Crippen LogP contribution in [0.4, 0.5) is 5.69 Å². The monoisotopic (exact) mass is 372 g/mol. The summed E-state index contributed by atoms with van der Waals surface area (Å²) in [5.74, 6) is 0.0191. The van der Waals surface area contributed by atoms with E-state index in [1.54, 1.807) is 7.11 Å². The van der Waals surface area contributed by atoms with Crippen molar-refractivity contribution in [1.82, 2.24) is 14.8 Å². The second kappa shape index (κ2) is 8.68. The molecule has 0 radical (unpaired) electrons. The fourth-order valence-electron chi connectivity index (χ4n) is 2.57. The average molecular weight is 372 g/mol. The molecule has 1 amide bonds. The Hall–Kier alpha value is -2.58. The van der Waals surface area contributed by atoms with E-state index in [1.807, 2.05) is 42.5 Å². The van der Waals surface area contributed by atoms with Gasteiger partial charge in [0.2, 0.25) is 5.91 Å². The lowest BCUT2D eigenvalue weighted by Crippen LogP contribution is -2.19. The van der Waals surface area contributed by atoms with E-state index in [9.17, 15) is 9.59 Å². The second-order valence-corrected chi connectivity index (χ2v) is 6.65. The van der Waals surface area contributed by atoms with Gasteiger partial charge in [-0.1, -0.05) is 42.1 Å². The van der Waals surface area contributed by atoms with E-state index in [4.69, 9.17) is 4.74 Å². The van der Waals surface area contributed by atoms with Crippen LogP contribution in [0.3, 0.4) is 0 Å². The Morgan fingerprint density at radius 2 is 2.08 bits per heavy atom. The molecule has 7 nitrogen and oxygen atoms in total. The molecule has 2 aromatic carbocycles. The summed E-state index contributed by atoms with van der Waals surface area (Å²) in [7, 11) is 1.62. The largest absolute Gasteiger partial charge is 0.385 e. The van der Waals surface area contributed by atoms with Crippen LogP contribution in [0.5, 0.6) is 0 Å². The van der Waals surface area contributed by atoms with E-state index >= 15 is 0 Å². The standard InChI is InChI=1S/C18H20N4O3S/c1-25-10-4-9-22-17(24)20-21-18(22)26-12-16(23)19-15-8-7-13-5-2-3-6-14(13)11-15/h2-3,5-8,11H,4,9-10,12H2,1H3,(H,19,23)(H,20,24). The van der Waals surface area contributed by atoms with Crippen LogP contribution in [0.15, 0.2) is 52.4 Å². The smallest absolute Gasteiger partial charge is 0.343 e. The van der Waals surface area contributed by atoms with Gasteiger partial charge in [0.1, 0.15) is 0 Å². The maximum Gasteiger partial charge on any atom is 0.343 e. The Kier molecular flexibility index (Phi) is 6.08. The first-order valence-electron chi connectivity index (χ1n) is 8.23. The molecule has 0 aliphatic carbocycles. The molecule has 0 unspecified atom stereocenters. The third kappa shape index (κ3) is 4.53. The molecule has 26 heavy (non-hydrogen) atoms. The number of hydrogen-bond donors (Lipinski definition) is 2. The summed E-state index contributed by atoms with van der Waals surface area (Å²) in [5, 5.41) is 12.0. The first-order chi connectivity index (χ1) is 12.7. The number of aromatic nitrogens is 3. The summed E-state index contributed by atoms with van der Waals surface area (Å²) < 4.78 is 6.52. The average Bonchev–Trinajstić information content (AvgIpc) is 3.00. The number of H-pyrrole nitrogens is 1. The van der Waals surface area contributed by atoms with Crippen molar-refractivity contribution in [1.29, 1.82) is 0 Å². The number of carbonyl (C=O) groups is 1. The molecule has 3 aromatic rings. The Labute approximate surface area is 154 Å². The van der Waals surface area contributed by atoms with E-state index in [0.717, 1.165) is 16.5 Å². The van der Waals surface area contributed by atoms with E-state index < -0.39 is 0 Å². The Morgan fingerprint density at radius 3 is 2.88 bits per heavy atom. The Morgan fingerprint density at radius 1 is 1.27 bits per heavy atom. The van der Waals surface area contributed by atoms with Crippen molar-refractivity contribution in [3.05, 3.63) is 52.9 Å². The summed E-state index contributed by atoms with van der Waals surface area (Å²) >= 11 is 1.22. The minimum Gasteiger partial charge on any atom is -0.385 e. The highest BCUT2D eigenvalue weighted by Gasteiger charge is 2.11. The summed E-state index contributed by atoms with van der Waals surface area (Å²) in [6, 6.07) is 13.8. The lowest BCUT2D eigenvalue weighted by atomic mass is 10.1. The molecule has 0 aliphatic heterocycles. The highest BCUT2D eigenvalue weighted by Crippen LogP contribution is 2.20. The van der Waals surface area contributed by atoms with Crippen LogP contribution in [-0.4, -0.2) is 40.1 Å². The van der Waals surface area contributed by atoms with Gasteiger partial charge in [-0.25, -0.2) is 9.89 Å². The number of nitrogens with zero attached hydrogens (tertiary/aromatic N) is 2. The molecule has 136 valence electrons. The van der Waals surface area contributed by atoms with E-state index in [-0.39, 0.29) is 17.3 Å². The van der Waals surface area contributed by atoms with E-state index in [1.165, 1.54) is 16.3 Å². The number of nitrogens with one attached hydrogen (secondary N) is 2. The zero-order chi connectivity index (χ0) is 18.4. The first kappa shape index (κ1) is 18.2. The summed E-state index contributed by atoms with van der Waals surface area (Å²) in [5.41, 5.74) is 0.465. The molecule has 0 saturated carbocycles. The maximum atomic E-state index is 12.2. The zero-order valence-electron chi connectivity index (χ0n) is 14.4. The van der Waals surface area contributed by atoms with Gasteiger partial charge in [-0.05, 0) is 29.3 Å². The van der Waals surface area contributed by atoms with Gasteiger partial charge in [-0.15, -0.1) is 5.10 Å². The number of fused-ring (bicyclic) bond motifs is 1. The fraction of sp³-hybridized carbons (Fsp3) is 0.278. The van der Waals surface area contributed by atoms with Crippen LogP contribution in [0, 0.1) is 0 Å². The van der Waals surface area contributed by atoms with Crippen molar-refractivity contribution in [2.24, 2.45) is 0 Å². The number of anilines is 1. The van der Waals surface area contributed by atoms with Gasteiger partial charge in [0.25, 0.3) is 0 Å². The van der Waals surface area contributed by atoms with Crippen LogP contribution in [0.2, 0.25) is 0 Å². The summed E-state index contributed by atoms with van der Waals surface area (Å²) in [4.78, 5) is 24.0. The van der Waals surface area contributed by atoms with Gasteiger partial charge in [0.05, 0.1) is 5.75 Å². The Bertz CT molecular complexity index is 951. The number of carbonyl (C=O) groups excluding carboxylic acids is 1. The molecular formula is C18H20N4O3S. The van der Waals surface area contributed by atoms with E-state index in [0.29, 0.717) is 24.7 Å².